The third-order valence-electron chi connectivity index (χ3n) is 4.70. The van der Waals surface area contributed by atoms with Gasteiger partial charge in [0, 0.05) is 14.2 Å². The summed E-state index contributed by atoms with van der Waals surface area (Å²) in [6.07, 6.45) is 3.71. The van der Waals surface area contributed by atoms with Gasteiger partial charge < -0.3 is 24.3 Å². The molecule has 172 valence electrons. The maximum Gasteiger partial charge on any atom is 0.408 e. The van der Waals surface area contributed by atoms with E-state index in [1.165, 1.54) is 51.7 Å². The van der Waals surface area contributed by atoms with Gasteiger partial charge in [-0.15, -0.1) is 0 Å². The first-order valence-electron chi connectivity index (χ1n) is 9.69. The summed E-state index contributed by atoms with van der Waals surface area (Å²) in [5.41, 5.74) is -1.29. The van der Waals surface area contributed by atoms with Crippen molar-refractivity contribution < 1.29 is 32.2 Å². The number of carbonyl (C=O) groups excluding carboxylic acids is 1. The molecular formula is C22H31NO7S. The molecule has 2 rings (SSSR count). The molecule has 1 aromatic rings. The molecule has 1 aromatic carbocycles. The molecule has 0 fully saturated rings. The highest BCUT2D eigenvalue weighted by Crippen LogP contribution is 2.34. The normalized spacial score (nSPS) is 20.7. The third kappa shape index (κ3) is 5.87. The lowest BCUT2D eigenvalue weighted by Gasteiger charge is -2.38. The minimum absolute atomic E-state index is 0.138. The zero-order valence-electron chi connectivity index (χ0n) is 19.0. The minimum atomic E-state index is -3.81. The summed E-state index contributed by atoms with van der Waals surface area (Å²) in [5.74, 6) is -1.62. The topological polar surface area (TPSA) is 100 Å². The van der Waals surface area contributed by atoms with Crippen molar-refractivity contribution in [3.8, 4) is 0 Å². The van der Waals surface area contributed by atoms with E-state index in [4.69, 9.17) is 18.9 Å². The monoisotopic (exact) mass is 453 g/mol. The number of hydrogen-bond donors (Lipinski definition) is 1. The van der Waals surface area contributed by atoms with Crippen molar-refractivity contribution in [1.29, 1.82) is 0 Å². The summed E-state index contributed by atoms with van der Waals surface area (Å²) in [5, 5.41) is 2.68. The second-order valence-electron chi connectivity index (χ2n) is 8.36. The molecule has 31 heavy (non-hydrogen) atoms. The van der Waals surface area contributed by atoms with Gasteiger partial charge in [0.25, 0.3) is 0 Å². The molecule has 0 radical (unpaired) electrons. The van der Waals surface area contributed by atoms with E-state index in [0.717, 1.165) is 5.56 Å². The van der Waals surface area contributed by atoms with Gasteiger partial charge in [0.2, 0.25) is 5.79 Å². The van der Waals surface area contributed by atoms with E-state index >= 15 is 0 Å². The van der Waals surface area contributed by atoms with Crippen LogP contribution in [-0.4, -0.2) is 58.5 Å². The van der Waals surface area contributed by atoms with Crippen molar-refractivity contribution in [1.82, 2.24) is 5.32 Å². The Morgan fingerprint density at radius 3 is 2.10 bits per heavy atom. The third-order valence-corrected chi connectivity index (χ3v) is 6.55. The molecule has 0 bridgehead atoms. The van der Waals surface area contributed by atoms with Crippen LogP contribution in [0.4, 0.5) is 4.79 Å². The van der Waals surface area contributed by atoms with Crippen LogP contribution in [0.25, 0.3) is 0 Å². The number of rotatable bonds is 7. The lowest BCUT2D eigenvalue weighted by molar-refractivity contribution is -0.167. The second kappa shape index (κ2) is 9.02. The zero-order chi connectivity index (χ0) is 23.5. The van der Waals surface area contributed by atoms with E-state index in [1.54, 1.807) is 32.9 Å². The largest absolute Gasteiger partial charge is 0.495 e. The molecular weight excluding hydrogens is 422 g/mol. The number of hydrogen-bond acceptors (Lipinski definition) is 7. The van der Waals surface area contributed by atoms with Crippen LogP contribution in [0.2, 0.25) is 0 Å². The second-order valence-corrected chi connectivity index (χ2v) is 10.4. The van der Waals surface area contributed by atoms with Crippen LogP contribution >= 0.6 is 0 Å². The lowest BCUT2D eigenvalue weighted by Crippen LogP contribution is -2.55. The molecule has 0 aliphatic heterocycles. The number of nitrogens with one attached hydrogen (secondary N) is 1. The van der Waals surface area contributed by atoms with E-state index in [1.807, 2.05) is 6.92 Å². The van der Waals surface area contributed by atoms with Crippen molar-refractivity contribution in [2.45, 2.75) is 49.5 Å². The molecule has 1 aliphatic rings. The van der Waals surface area contributed by atoms with E-state index in [2.05, 4.69) is 5.32 Å². The van der Waals surface area contributed by atoms with Crippen LogP contribution in [-0.2, 0) is 28.8 Å². The van der Waals surface area contributed by atoms with Gasteiger partial charge in [-0.2, -0.15) is 0 Å². The summed E-state index contributed by atoms with van der Waals surface area (Å²) in [7, 11) is 0.454. The fourth-order valence-corrected chi connectivity index (χ4v) is 4.78. The fraction of sp³-hybridized carbons (Fsp3) is 0.500. The van der Waals surface area contributed by atoms with Crippen LogP contribution in [0, 0.1) is 6.92 Å². The highest BCUT2D eigenvalue weighted by atomic mass is 32.2. The summed E-state index contributed by atoms with van der Waals surface area (Å²) in [6, 6.07) is 6.51. The maximum atomic E-state index is 13.2. The Morgan fingerprint density at radius 1 is 1.03 bits per heavy atom. The molecule has 1 unspecified atom stereocenters. The first-order valence-corrected chi connectivity index (χ1v) is 11.3. The quantitative estimate of drug-likeness (QED) is 0.500. The molecule has 1 N–H and O–H groups in total. The van der Waals surface area contributed by atoms with Gasteiger partial charge in [-0.1, -0.05) is 23.8 Å². The maximum absolute atomic E-state index is 13.2. The predicted octanol–water partition coefficient (Wildman–Crippen LogP) is 3.12. The van der Waals surface area contributed by atoms with Crippen molar-refractivity contribution in [2.24, 2.45) is 0 Å². The molecule has 9 heteroatoms. The van der Waals surface area contributed by atoms with Crippen LogP contribution in [0.5, 0.6) is 0 Å². The van der Waals surface area contributed by atoms with Gasteiger partial charge in [-0.05, 0) is 52.0 Å². The minimum Gasteiger partial charge on any atom is -0.495 e. The Hall–Kier alpha value is -2.36. The number of benzene rings is 1. The van der Waals surface area contributed by atoms with Gasteiger partial charge in [0.1, 0.15) is 5.60 Å². The Kier molecular flexibility index (Phi) is 7.24. The Labute approximate surface area is 184 Å². The molecule has 1 amide bonds. The SMILES string of the molecule is COC1=CC(CS(=O)(=O)c2ccc(C)cc2)(NC(=O)OC(C)(C)C)C=CC1(OC)OC. The van der Waals surface area contributed by atoms with Crippen molar-refractivity contribution in [3.63, 3.8) is 0 Å². The number of amides is 1. The summed E-state index contributed by atoms with van der Waals surface area (Å²) >= 11 is 0. The van der Waals surface area contributed by atoms with Crippen LogP contribution in [0.15, 0.2) is 53.1 Å². The number of methoxy groups -OCH3 is 3. The van der Waals surface area contributed by atoms with Gasteiger partial charge in [0.15, 0.2) is 15.6 Å². The highest BCUT2D eigenvalue weighted by molar-refractivity contribution is 7.91. The number of carbonyl (C=O) groups is 1. The number of sulfone groups is 1. The van der Waals surface area contributed by atoms with E-state index in [-0.39, 0.29) is 10.7 Å². The summed E-state index contributed by atoms with van der Waals surface area (Å²) < 4.78 is 48.1. The van der Waals surface area contributed by atoms with E-state index in [9.17, 15) is 13.2 Å². The van der Waals surface area contributed by atoms with Gasteiger partial charge >= 0.3 is 6.09 Å². The molecule has 1 aliphatic carbocycles. The molecule has 0 aromatic heterocycles. The summed E-state index contributed by atoms with van der Waals surface area (Å²) in [4.78, 5) is 12.7. The standard InChI is InChI=1S/C22H31NO7S/c1-16-8-10-17(11-9-16)31(25,26)15-21(23-19(24)30-20(2,3)4)12-13-22(28-6,29-7)18(14-21)27-5/h8-14H,15H2,1-7H3,(H,23,24). The Balaban J connectivity index is 2.52. The van der Waals surface area contributed by atoms with Crippen molar-refractivity contribution in [3.05, 3.63) is 53.8 Å². The molecule has 0 saturated heterocycles. The zero-order valence-corrected chi connectivity index (χ0v) is 19.8. The highest BCUT2D eigenvalue weighted by Gasteiger charge is 2.45. The molecule has 0 heterocycles. The Bertz CT molecular complexity index is 955. The number of aryl methyl sites for hydroxylation is 1. The van der Waals surface area contributed by atoms with Crippen LogP contribution in [0.1, 0.15) is 26.3 Å². The first-order chi connectivity index (χ1) is 14.3. The molecule has 1 atom stereocenters. The van der Waals surface area contributed by atoms with Crippen molar-refractivity contribution in [2.75, 3.05) is 27.1 Å². The average Bonchev–Trinajstić information content (AvgIpc) is 2.66. The van der Waals surface area contributed by atoms with E-state index < -0.39 is 38.6 Å². The predicted molar refractivity (Wildman–Crippen MR) is 116 cm³/mol. The van der Waals surface area contributed by atoms with Gasteiger partial charge in [0.05, 0.1) is 23.3 Å². The fourth-order valence-electron chi connectivity index (χ4n) is 3.19. The van der Waals surface area contributed by atoms with Crippen LogP contribution < -0.4 is 5.32 Å². The number of alkyl carbamates (subject to hydrolysis) is 1. The lowest BCUT2D eigenvalue weighted by atomic mass is 9.92. The molecule has 0 saturated carbocycles. The van der Waals surface area contributed by atoms with Crippen LogP contribution in [0.3, 0.4) is 0 Å². The summed E-state index contributed by atoms with van der Waals surface area (Å²) in [6.45, 7) is 7.03. The van der Waals surface area contributed by atoms with Gasteiger partial charge in [-0.25, -0.2) is 13.2 Å². The van der Waals surface area contributed by atoms with Gasteiger partial charge in [-0.3, -0.25) is 0 Å². The number of ether oxygens (including phenoxy) is 4. The van der Waals surface area contributed by atoms with Crippen molar-refractivity contribution >= 4 is 15.9 Å². The van der Waals surface area contributed by atoms with E-state index in [0.29, 0.717) is 0 Å². The molecule has 8 nitrogen and oxygen atoms in total. The molecule has 0 spiro atoms. The smallest absolute Gasteiger partial charge is 0.408 e. The average molecular weight is 454 g/mol. The first kappa shape index (κ1) is 24.9. The Morgan fingerprint density at radius 2 is 1.61 bits per heavy atom.